The Balaban J connectivity index is 1.62. The molecule has 168 valence electrons. The Morgan fingerprint density at radius 3 is 2.09 bits per heavy atom. The molecule has 3 aromatic carbocycles. The van der Waals surface area contributed by atoms with E-state index in [1.165, 1.54) is 10.9 Å². The third-order valence-corrected chi connectivity index (χ3v) is 5.54. The smallest absolute Gasteiger partial charge is 0.261 e. The number of amides is 1. The van der Waals surface area contributed by atoms with Crippen LogP contribution in [0, 0.1) is 0 Å². The lowest BCUT2D eigenvalue weighted by atomic mass is 9.98. The Morgan fingerprint density at radius 2 is 1.55 bits per heavy atom. The van der Waals surface area contributed by atoms with Gasteiger partial charge < -0.3 is 14.8 Å². The molecule has 1 amide bonds. The second-order valence-corrected chi connectivity index (χ2v) is 7.82. The van der Waals surface area contributed by atoms with Crippen molar-refractivity contribution in [3.8, 4) is 11.5 Å². The normalized spacial score (nSPS) is 10.9. The summed E-state index contributed by atoms with van der Waals surface area (Å²) in [4.78, 5) is 30.1. The summed E-state index contributed by atoms with van der Waals surface area (Å²) in [7, 11) is 3.19. The van der Waals surface area contributed by atoms with Gasteiger partial charge in [-0.15, -0.1) is 0 Å². The fraction of sp³-hybridized carbons (Fsp3) is 0.160. The second-order valence-electron chi connectivity index (χ2n) is 7.39. The third-order valence-electron chi connectivity index (χ3n) is 5.30. The molecule has 0 bridgehead atoms. The number of hydrogen-bond donors (Lipinski definition) is 1. The van der Waals surface area contributed by atoms with Gasteiger partial charge in [0.25, 0.3) is 5.56 Å². The SMILES string of the molecule is COc1ccc(C(NC(=O)Cn2cnc3ccc(Cl)cc3c2=O)c2ccc(OC)cc2)cc1. The van der Waals surface area contributed by atoms with Crippen molar-refractivity contribution in [2.45, 2.75) is 12.6 Å². The zero-order valence-electron chi connectivity index (χ0n) is 18.1. The highest BCUT2D eigenvalue weighted by Gasteiger charge is 2.18. The van der Waals surface area contributed by atoms with E-state index >= 15 is 0 Å². The van der Waals surface area contributed by atoms with Crippen LogP contribution < -0.4 is 20.3 Å². The van der Waals surface area contributed by atoms with Crippen molar-refractivity contribution in [2.24, 2.45) is 0 Å². The van der Waals surface area contributed by atoms with Gasteiger partial charge >= 0.3 is 0 Å². The first-order valence-electron chi connectivity index (χ1n) is 10.2. The van der Waals surface area contributed by atoms with Crippen LogP contribution >= 0.6 is 11.6 Å². The van der Waals surface area contributed by atoms with Crippen molar-refractivity contribution in [1.82, 2.24) is 14.9 Å². The number of methoxy groups -OCH3 is 2. The van der Waals surface area contributed by atoms with Crippen LogP contribution in [0.1, 0.15) is 17.2 Å². The number of hydrogen-bond acceptors (Lipinski definition) is 5. The Kier molecular flexibility index (Phi) is 6.60. The summed E-state index contributed by atoms with van der Waals surface area (Å²) in [5.74, 6) is 1.09. The summed E-state index contributed by atoms with van der Waals surface area (Å²) in [5, 5.41) is 3.82. The summed E-state index contributed by atoms with van der Waals surface area (Å²) in [6.45, 7) is -0.183. The first kappa shape index (κ1) is 22.4. The molecular formula is C25H22ClN3O4. The maximum Gasteiger partial charge on any atom is 0.261 e. The number of halogens is 1. The number of ether oxygens (including phenoxy) is 2. The quantitative estimate of drug-likeness (QED) is 0.448. The number of carbonyl (C=O) groups excluding carboxylic acids is 1. The Labute approximate surface area is 195 Å². The molecule has 0 saturated heterocycles. The molecule has 1 N–H and O–H groups in total. The number of nitrogens with one attached hydrogen (secondary N) is 1. The first-order valence-corrected chi connectivity index (χ1v) is 10.6. The van der Waals surface area contributed by atoms with E-state index in [2.05, 4.69) is 10.3 Å². The van der Waals surface area contributed by atoms with Crippen LogP contribution in [0.3, 0.4) is 0 Å². The monoisotopic (exact) mass is 463 g/mol. The maximum absolute atomic E-state index is 13.0. The molecule has 4 aromatic rings. The van der Waals surface area contributed by atoms with Gasteiger partial charge in [-0.05, 0) is 53.6 Å². The van der Waals surface area contributed by atoms with Crippen molar-refractivity contribution in [2.75, 3.05) is 14.2 Å². The van der Waals surface area contributed by atoms with E-state index in [0.717, 1.165) is 11.1 Å². The van der Waals surface area contributed by atoms with Crippen molar-refractivity contribution in [3.63, 3.8) is 0 Å². The number of fused-ring (bicyclic) bond motifs is 1. The van der Waals surface area contributed by atoms with Crippen molar-refractivity contribution >= 4 is 28.4 Å². The topological polar surface area (TPSA) is 82.5 Å². The highest BCUT2D eigenvalue weighted by Crippen LogP contribution is 2.26. The minimum atomic E-state index is -0.437. The van der Waals surface area contributed by atoms with Gasteiger partial charge in [-0.2, -0.15) is 0 Å². The molecule has 0 aliphatic heterocycles. The first-order chi connectivity index (χ1) is 16.0. The van der Waals surface area contributed by atoms with Crippen LogP contribution in [-0.4, -0.2) is 29.7 Å². The van der Waals surface area contributed by atoms with Crippen LogP contribution in [0.2, 0.25) is 5.02 Å². The summed E-state index contributed by atoms with van der Waals surface area (Å²) in [5.41, 5.74) is 1.92. The fourth-order valence-electron chi connectivity index (χ4n) is 3.56. The number of aromatic nitrogens is 2. The predicted octanol–water partition coefficient (Wildman–Crippen LogP) is 3.97. The maximum atomic E-state index is 13.0. The van der Waals surface area contributed by atoms with E-state index in [-0.39, 0.29) is 18.0 Å². The average molecular weight is 464 g/mol. The molecule has 4 rings (SSSR count). The lowest BCUT2D eigenvalue weighted by Crippen LogP contribution is -2.35. The number of rotatable bonds is 7. The van der Waals surface area contributed by atoms with Crippen LogP contribution in [-0.2, 0) is 11.3 Å². The molecule has 0 spiro atoms. The van der Waals surface area contributed by atoms with Crippen molar-refractivity contribution in [3.05, 3.63) is 99.6 Å². The molecule has 33 heavy (non-hydrogen) atoms. The lowest BCUT2D eigenvalue weighted by molar-refractivity contribution is -0.122. The van der Waals surface area contributed by atoms with Gasteiger partial charge in [0.2, 0.25) is 5.91 Å². The minimum Gasteiger partial charge on any atom is -0.497 e. The van der Waals surface area contributed by atoms with Gasteiger partial charge in [0.15, 0.2) is 0 Å². The van der Waals surface area contributed by atoms with Gasteiger partial charge in [-0.25, -0.2) is 4.98 Å². The molecule has 0 fully saturated rings. The molecular weight excluding hydrogens is 442 g/mol. The largest absolute Gasteiger partial charge is 0.497 e. The van der Waals surface area contributed by atoms with Crippen LogP contribution in [0.4, 0.5) is 0 Å². The van der Waals surface area contributed by atoms with Gasteiger partial charge in [0.05, 0.1) is 37.5 Å². The van der Waals surface area contributed by atoms with E-state index in [1.807, 2.05) is 48.5 Å². The Bertz CT molecular complexity index is 1290. The number of carbonyl (C=O) groups is 1. The van der Waals surface area contributed by atoms with Gasteiger partial charge in [0, 0.05) is 5.02 Å². The Morgan fingerprint density at radius 1 is 0.970 bits per heavy atom. The predicted molar refractivity (Wildman–Crippen MR) is 127 cm³/mol. The summed E-state index contributed by atoms with van der Waals surface area (Å²) in [6, 6.07) is 19.3. The molecule has 0 saturated carbocycles. The molecule has 1 aromatic heterocycles. The molecule has 7 nitrogen and oxygen atoms in total. The number of benzene rings is 3. The minimum absolute atomic E-state index is 0.183. The summed E-state index contributed by atoms with van der Waals surface area (Å²) >= 11 is 6.02. The molecule has 0 aliphatic carbocycles. The van der Waals surface area contributed by atoms with Gasteiger partial charge in [0.1, 0.15) is 18.0 Å². The molecule has 0 atom stereocenters. The number of nitrogens with zero attached hydrogens (tertiary/aromatic N) is 2. The van der Waals surface area contributed by atoms with E-state index in [4.69, 9.17) is 21.1 Å². The third kappa shape index (κ3) is 4.99. The highest BCUT2D eigenvalue weighted by molar-refractivity contribution is 6.31. The zero-order valence-corrected chi connectivity index (χ0v) is 18.9. The van der Waals surface area contributed by atoms with Gasteiger partial charge in [-0.3, -0.25) is 14.2 Å². The molecule has 0 aliphatic rings. The van der Waals surface area contributed by atoms with Gasteiger partial charge in [-0.1, -0.05) is 35.9 Å². The van der Waals surface area contributed by atoms with Crippen LogP contribution in [0.15, 0.2) is 77.9 Å². The highest BCUT2D eigenvalue weighted by atomic mass is 35.5. The van der Waals surface area contributed by atoms with E-state index in [9.17, 15) is 9.59 Å². The Hall–Kier alpha value is -3.84. The second kappa shape index (κ2) is 9.75. The van der Waals surface area contributed by atoms with Crippen LogP contribution in [0.5, 0.6) is 11.5 Å². The van der Waals surface area contributed by atoms with E-state index in [0.29, 0.717) is 27.4 Å². The van der Waals surface area contributed by atoms with E-state index < -0.39 is 6.04 Å². The molecule has 0 radical (unpaired) electrons. The van der Waals surface area contributed by atoms with Crippen LogP contribution in [0.25, 0.3) is 10.9 Å². The fourth-order valence-corrected chi connectivity index (χ4v) is 3.73. The lowest BCUT2D eigenvalue weighted by Gasteiger charge is -2.21. The zero-order chi connectivity index (χ0) is 23.4. The molecule has 1 heterocycles. The molecule has 8 heteroatoms. The van der Waals surface area contributed by atoms with E-state index in [1.54, 1.807) is 32.4 Å². The standard InChI is InChI=1S/C25H22ClN3O4/c1-32-19-8-3-16(4-9-19)24(17-5-10-20(33-2)11-6-17)28-23(30)14-29-15-27-22-12-7-18(26)13-21(22)25(29)31/h3-13,15,24H,14H2,1-2H3,(H,28,30). The summed E-state index contributed by atoms with van der Waals surface area (Å²) < 4.78 is 11.8. The molecule has 0 unspecified atom stereocenters. The van der Waals surface area contributed by atoms with Crippen molar-refractivity contribution < 1.29 is 14.3 Å². The van der Waals surface area contributed by atoms with Crippen molar-refractivity contribution in [1.29, 1.82) is 0 Å². The summed E-state index contributed by atoms with van der Waals surface area (Å²) in [6.07, 6.45) is 1.37. The average Bonchev–Trinajstić information content (AvgIpc) is 2.85.